The minimum atomic E-state index is -0.381. The molecule has 0 aliphatic carbocycles. The molecule has 0 aromatic rings. The quantitative estimate of drug-likeness (QED) is 0.321. The molecule has 0 saturated heterocycles. The SMILES string of the molecule is CCCCCCCCCCC(N)(CC)N(CCO)CCO. The summed E-state index contributed by atoms with van der Waals surface area (Å²) in [7, 11) is 0. The highest BCUT2D eigenvalue weighted by Crippen LogP contribution is 2.21. The molecule has 4 heteroatoms. The van der Waals surface area contributed by atoms with Gasteiger partial charge < -0.3 is 15.9 Å². The maximum Gasteiger partial charge on any atom is 0.0686 e. The molecule has 128 valence electrons. The first-order valence-corrected chi connectivity index (χ1v) is 8.90. The second-order valence-corrected chi connectivity index (χ2v) is 6.12. The van der Waals surface area contributed by atoms with Crippen molar-refractivity contribution in [2.45, 2.75) is 83.7 Å². The van der Waals surface area contributed by atoms with Gasteiger partial charge in [0.05, 0.1) is 18.9 Å². The van der Waals surface area contributed by atoms with Crippen LogP contribution in [-0.2, 0) is 0 Å². The minimum Gasteiger partial charge on any atom is -0.395 e. The fourth-order valence-electron chi connectivity index (χ4n) is 2.92. The lowest BCUT2D eigenvalue weighted by Crippen LogP contribution is -2.57. The third-order valence-electron chi connectivity index (χ3n) is 4.45. The van der Waals surface area contributed by atoms with Gasteiger partial charge in [0.1, 0.15) is 0 Å². The van der Waals surface area contributed by atoms with E-state index in [0.717, 1.165) is 19.3 Å². The average Bonchev–Trinajstić information content (AvgIpc) is 2.49. The summed E-state index contributed by atoms with van der Waals surface area (Å²) < 4.78 is 0. The predicted octanol–water partition coefficient (Wildman–Crippen LogP) is 2.87. The Labute approximate surface area is 131 Å². The standard InChI is InChI=1S/C17H38N2O2/c1-3-5-6-7-8-9-10-11-12-17(18,4-2)19(13-15-20)14-16-21/h20-21H,3-16,18H2,1-2H3. The van der Waals surface area contributed by atoms with Crippen LogP contribution in [0.5, 0.6) is 0 Å². The first-order chi connectivity index (χ1) is 10.1. The molecule has 0 bridgehead atoms. The number of rotatable bonds is 15. The van der Waals surface area contributed by atoms with Gasteiger partial charge in [-0.2, -0.15) is 0 Å². The van der Waals surface area contributed by atoms with Gasteiger partial charge in [0, 0.05) is 13.1 Å². The summed E-state index contributed by atoms with van der Waals surface area (Å²) >= 11 is 0. The Morgan fingerprint density at radius 2 is 1.29 bits per heavy atom. The Morgan fingerprint density at radius 1 is 0.810 bits per heavy atom. The van der Waals surface area contributed by atoms with E-state index in [1.54, 1.807) is 0 Å². The van der Waals surface area contributed by atoms with Gasteiger partial charge in [0.25, 0.3) is 0 Å². The van der Waals surface area contributed by atoms with Crippen LogP contribution in [0.2, 0.25) is 0 Å². The highest BCUT2D eigenvalue weighted by Gasteiger charge is 2.29. The third-order valence-corrected chi connectivity index (χ3v) is 4.45. The van der Waals surface area contributed by atoms with E-state index in [9.17, 15) is 0 Å². The lowest BCUT2D eigenvalue weighted by molar-refractivity contribution is 0.0419. The third kappa shape index (κ3) is 9.46. The molecule has 4 N–H and O–H groups in total. The van der Waals surface area contributed by atoms with E-state index in [-0.39, 0.29) is 18.9 Å². The molecule has 0 radical (unpaired) electrons. The van der Waals surface area contributed by atoms with Crippen molar-refractivity contribution in [1.82, 2.24) is 4.90 Å². The minimum absolute atomic E-state index is 0.0936. The second kappa shape index (κ2) is 13.5. The molecule has 1 unspecified atom stereocenters. The average molecular weight is 303 g/mol. The number of unbranched alkanes of at least 4 members (excludes halogenated alkanes) is 7. The summed E-state index contributed by atoms with van der Waals surface area (Å²) in [6.45, 7) is 5.61. The maximum atomic E-state index is 9.16. The first kappa shape index (κ1) is 20.8. The van der Waals surface area contributed by atoms with E-state index in [4.69, 9.17) is 15.9 Å². The number of aliphatic hydroxyl groups is 2. The van der Waals surface area contributed by atoms with Crippen molar-refractivity contribution < 1.29 is 10.2 Å². The zero-order valence-corrected chi connectivity index (χ0v) is 14.3. The Balaban J connectivity index is 3.94. The maximum absolute atomic E-state index is 9.16. The molecule has 21 heavy (non-hydrogen) atoms. The smallest absolute Gasteiger partial charge is 0.0686 e. The monoisotopic (exact) mass is 302 g/mol. The van der Waals surface area contributed by atoms with Crippen molar-refractivity contribution in [2.75, 3.05) is 26.3 Å². The van der Waals surface area contributed by atoms with Crippen LogP contribution in [0.25, 0.3) is 0 Å². The molecule has 0 aromatic carbocycles. The van der Waals surface area contributed by atoms with E-state index in [2.05, 4.69) is 13.8 Å². The van der Waals surface area contributed by atoms with Crippen LogP contribution in [-0.4, -0.2) is 47.1 Å². The second-order valence-electron chi connectivity index (χ2n) is 6.12. The molecule has 0 aliphatic heterocycles. The molecule has 0 rings (SSSR count). The molecular formula is C17H38N2O2. The lowest BCUT2D eigenvalue weighted by Gasteiger charge is -2.40. The topological polar surface area (TPSA) is 69.7 Å². The molecule has 0 aromatic heterocycles. The van der Waals surface area contributed by atoms with Crippen molar-refractivity contribution in [3.63, 3.8) is 0 Å². The first-order valence-electron chi connectivity index (χ1n) is 8.90. The molecule has 0 amide bonds. The molecule has 0 aliphatic rings. The predicted molar refractivity (Wildman–Crippen MR) is 90.2 cm³/mol. The van der Waals surface area contributed by atoms with Crippen molar-refractivity contribution in [3.8, 4) is 0 Å². The number of aliphatic hydroxyl groups excluding tert-OH is 2. The molecule has 0 saturated carbocycles. The summed E-state index contributed by atoms with van der Waals surface area (Å²) in [5.74, 6) is 0. The van der Waals surface area contributed by atoms with Crippen molar-refractivity contribution >= 4 is 0 Å². The fraction of sp³-hybridized carbons (Fsp3) is 1.00. The lowest BCUT2D eigenvalue weighted by atomic mass is 9.96. The Morgan fingerprint density at radius 3 is 1.71 bits per heavy atom. The van der Waals surface area contributed by atoms with Gasteiger partial charge in [-0.05, 0) is 12.8 Å². The van der Waals surface area contributed by atoms with Crippen LogP contribution in [0.1, 0.15) is 78.1 Å². The van der Waals surface area contributed by atoms with Crippen molar-refractivity contribution in [1.29, 1.82) is 0 Å². The van der Waals surface area contributed by atoms with E-state index in [1.165, 1.54) is 44.9 Å². The van der Waals surface area contributed by atoms with Gasteiger partial charge in [-0.25, -0.2) is 0 Å². The highest BCUT2D eigenvalue weighted by atomic mass is 16.3. The molecule has 0 spiro atoms. The van der Waals surface area contributed by atoms with E-state index in [0.29, 0.717) is 13.1 Å². The Bertz CT molecular complexity index is 221. The van der Waals surface area contributed by atoms with Crippen LogP contribution in [0.15, 0.2) is 0 Å². The largest absolute Gasteiger partial charge is 0.395 e. The van der Waals surface area contributed by atoms with Crippen LogP contribution >= 0.6 is 0 Å². The van der Waals surface area contributed by atoms with Crippen LogP contribution in [0.3, 0.4) is 0 Å². The number of nitrogens with two attached hydrogens (primary N) is 1. The van der Waals surface area contributed by atoms with Gasteiger partial charge >= 0.3 is 0 Å². The number of hydrogen-bond acceptors (Lipinski definition) is 4. The highest BCUT2D eigenvalue weighted by molar-refractivity contribution is 4.83. The molecule has 0 heterocycles. The van der Waals surface area contributed by atoms with Gasteiger partial charge in [-0.3, -0.25) is 4.90 Å². The number of hydrogen-bond donors (Lipinski definition) is 3. The van der Waals surface area contributed by atoms with Crippen molar-refractivity contribution in [3.05, 3.63) is 0 Å². The molecule has 1 atom stereocenters. The van der Waals surface area contributed by atoms with Gasteiger partial charge in [-0.1, -0.05) is 65.2 Å². The van der Waals surface area contributed by atoms with Crippen molar-refractivity contribution in [2.24, 2.45) is 5.73 Å². The van der Waals surface area contributed by atoms with E-state index >= 15 is 0 Å². The van der Waals surface area contributed by atoms with Crippen LogP contribution < -0.4 is 5.73 Å². The van der Waals surface area contributed by atoms with E-state index in [1.807, 2.05) is 4.90 Å². The fourth-order valence-corrected chi connectivity index (χ4v) is 2.92. The summed E-state index contributed by atoms with van der Waals surface area (Å²) in [6.07, 6.45) is 12.2. The van der Waals surface area contributed by atoms with Crippen LogP contribution in [0.4, 0.5) is 0 Å². The Kier molecular flexibility index (Phi) is 13.4. The Hall–Kier alpha value is -0.160. The summed E-state index contributed by atoms with van der Waals surface area (Å²) in [5, 5.41) is 18.3. The molecule has 0 fully saturated rings. The molecule has 4 nitrogen and oxygen atoms in total. The zero-order chi connectivity index (χ0) is 16.0. The number of nitrogens with zero attached hydrogens (tertiary/aromatic N) is 1. The zero-order valence-electron chi connectivity index (χ0n) is 14.3. The van der Waals surface area contributed by atoms with E-state index < -0.39 is 0 Å². The van der Waals surface area contributed by atoms with Gasteiger partial charge in [-0.15, -0.1) is 0 Å². The summed E-state index contributed by atoms with van der Waals surface area (Å²) in [4.78, 5) is 2.04. The molecular weight excluding hydrogens is 264 g/mol. The van der Waals surface area contributed by atoms with Gasteiger partial charge in [0.15, 0.2) is 0 Å². The van der Waals surface area contributed by atoms with Gasteiger partial charge in [0.2, 0.25) is 0 Å². The normalized spacial score (nSPS) is 14.6. The van der Waals surface area contributed by atoms with Crippen LogP contribution in [0, 0.1) is 0 Å². The summed E-state index contributed by atoms with van der Waals surface area (Å²) in [5.41, 5.74) is 6.12. The summed E-state index contributed by atoms with van der Waals surface area (Å²) in [6, 6.07) is 0.